The maximum Gasteiger partial charge on any atom is 0.327 e. The van der Waals surface area contributed by atoms with E-state index < -0.39 is 0 Å². The second-order valence-corrected chi connectivity index (χ2v) is 5.79. The van der Waals surface area contributed by atoms with Crippen molar-refractivity contribution in [3.8, 4) is 0 Å². The molecule has 2 amide bonds. The smallest absolute Gasteiger partial charge is 0.327 e. The molecule has 0 unspecified atom stereocenters. The van der Waals surface area contributed by atoms with Gasteiger partial charge in [0.15, 0.2) is 5.82 Å². The Morgan fingerprint density at radius 1 is 1.36 bits per heavy atom. The number of rotatable bonds is 1. The highest BCUT2D eigenvalue weighted by Gasteiger charge is 2.40. The first-order valence-corrected chi connectivity index (χ1v) is 7.52. The minimum absolute atomic E-state index is 0.120. The van der Waals surface area contributed by atoms with Crippen molar-refractivity contribution in [1.29, 1.82) is 0 Å². The van der Waals surface area contributed by atoms with Crippen LogP contribution in [-0.4, -0.2) is 35.1 Å². The highest BCUT2D eigenvalue weighted by Crippen LogP contribution is 2.39. The fourth-order valence-corrected chi connectivity index (χ4v) is 3.21. The van der Waals surface area contributed by atoms with Gasteiger partial charge in [-0.05, 0) is 30.7 Å². The quantitative estimate of drug-likeness (QED) is 0.822. The third-order valence-electron chi connectivity index (χ3n) is 4.05. The van der Waals surface area contributed by atoms with Crippen LogP contribution in [0.3, 0.4) is 0 Å². The van der Waals surface area contributed by atoms with Crippen molar-refractivity contribution in [2.24, 2.45) is 0 Å². The summed E-state index contributed by atoms with van der Waals surface area (Å²) in [7, 11) is 0. The first kappa shape index (κ1) is 13.3. The van der Waals surface area contributed by atoms with Gasteiger partial charge >= 0.3 is 6.03 Å². The van der Waals surface area contributed by atoms with Gasteiger partial charge in [-0.15, -0.1) is 0 Å². The molecule has 2 aromatic heterocycles. The average Bonchev–Trinajstić information content (AvgIpc) is 2.93. The van der Waals surface area contributed by atoms with Crippen LogP contribution in [0.5, 0.6) is 0 Å². The van der Waals surface area contributed by atoms with Gasteiger partial charge in [0.05, 0.1) is 23.6 Å². The molecule has 1 N–H and O–H groups in total. The summed E-state index contributed by atoms with van der Waals surface area (Å²) < 4.78 is 0. The number of anilines is 3. The Hall–Kier alpha value is -2.34. The number of carbonyl (C=O) groups excluding carboxylic acids is 1. The second-order valence-electron chi connectivity index (χ2n) is 5.41. The van der Waals surface area contributed by atoms with Crippen molar-refractivity contribution in [2.75, 3.05) is 28.2 Å². The molecule has 1 saturated heterocycles. The summed E-state index contributed by atoms with van der Waals surface area (Å²) >= 11 is 6.02. The van der Waals surface area contributed by atoms with E-state index in [1.54, 1.807) is 29.4 Å². The minimum atomic E-state index is -0.199. The Balaban J connectivity index is 1.69. The highest BCUT2D eigenvalue weighted by atomic mass is 35.5. The van der Waals surface area contributed by atoms with Crippen LogP contribution in [0, 0.1) is 0 Å². The summed E-state index contributed by atoms with van der Waals surface area (Å²) in [6.45, 7) is 1.76. The molecule has 0 aromatic carbocycles. The molecule has 6 nitrogen and oxygen atoms in total. The van der Waals surface area contributed by atoms with E-state index in [0.29, 0.717) is 16.7 Å². The molecule has 0 radical (unpaired) electrons. The van der Waals surface area contributed by atoms with Crippen molar-refractivity contribution in [3.63, 3.8) is 0 Å². The summed E-state index contributed by atoms with van der Waals surface area (Å²) in [4.78, 5) is 25.1. The number of urea groups is 1. The van der Waals surface area contributed by atoms with E-state index in [2.05, 4.69) is 20.2 Å². The molecular weight excluding hydrogens is 302 g/mol. The molecule has 1 fully saturated rings. The maximum atomic E-state index is 12.7. The van der Waals surface area contributed by atoms with Gasteiger partial charge in [0.1, 0.15) is 5.15 Å². The van der Waals surface area contributed by atoms with Crippen LogP contribution in [0.25, 0.3) is 0 Å². The number of carbonyl (C=O) groups is 1. The SMILES string of the molecule is O=C(Nc1cccnc1)N1c2nc(Cl)ccc2N2CC[C@@H]1C2. The number of nitrogens with zero attached hydrogens (tertiary/aromatic N) is 4. The molecule has 4 heterocycles. The lowest BCUT2D eigenvalue weighted by molar-refractivity contribution is 0.255. The predicted octanol–water partition coefficient (Wildman–Crippen LogP) is 2.76. The van der Waals surface area contributed by atoms with Crippen molar-refractivity contribution in [2.45, 2.75) is 12.5 Å². The van der Waals surface area contributed by atoms with Crippen molar-refractivity contribution in [3.05, 3.63) is 41.8 Å². The van der Waals surface area contributed by atoms with Crippen molar-refractivity contribution >= 4 is 34.8 Å². The molecule has 1 atom stereocenters. The van der Waals surface area contributed by atoms with E-state index in [9.17, 15) is 4.79 Å². The van der Waals surface area contributed by atoms with Crippen LogP contribution >= 0.6 is 11.6 Å². The zero-order chi connectivity index (χ0) is 15.1. The molecule has 2 aliphatic rings. The molecule has 0 saturated carbocycles. The van der Waals surface area contributed by atoms with E-state index in [-0.39, 0.29) is 12.1 Å². The number of hydrogen-bond donors (Lipinski definition) is 1. The molecule has 7 heteroatoms. The van der Waals surface area contributed by atoms with E-state index in [0.717, 1.165) is 25.2 Å². The van der Waals surface area contributed by atoms with Gasteiger partial charge in [-0.3, -0.25) is 9.88 Å². The number of halogens is 1. The Bertz CT molecular complexity index is 723. The second kappa shape index (κ2) is 5.14. The molecule has 2 aromatic rings. The first-order chi connectivity index (χ1) is 10.7. The van der Waals surface area contributed by atoms with Gasteiger partial charge in [0, 0.05) is 19.3 Å². The van der Waals surface area contributed by atoms with Gasteiger partial charge in [-0.25, -0.2) is 9.78 Å². The average molecular weight is 316 g/mol. The highest BCUT2D eigenvalue weighted by molar-refractivity contribution is 6.29. The lowest BCUT2D eigenvalue weighted by Crippen LogP contribution is -2.48. The largest absolute Gasteiger partial charge is 0.366 e. The number of hydrogen-bond acceptors (Lipinski definition) is 4. The van der Waals surface area contributed by atoms with Crippen LogP contribution in [-0.2, 0) is 0 Å². The van der Waals surface area contributed by atoms with Crippen LogP contribution < -0.4 is 15.1 Å². The predicted molar refractivity (Wildman–Crippen MR) is 85.6 cm³/mol. The number of pyridine rings is 2. The summed E-state index contributed by atoms with van der Waals surface area (Å²) in [6, 6.07) is 7.20. The third-order valence-corrected chi connectivity index (χ3v) is 4.26. The van der Waals surface area contributed by atoms with Crippen LogP contribution in [0.4, 0.5) is 22.0 Å². The molecule has 4 rings (SSSR count). The van der Waals surface area contributed by atoms with Gasteiger partial charge in [0.25, 0.3) is 0 Å². The summed E-state index contributed by atoms with van der Waals surface area (Å²) in [5.74, 6) is 0.627. The van der Waals surface area contributed by atoms with Gasteiger partial charge in [-0.2, -0.15) is 0 Å². The van der Waals surface area contributed by atoms with Crippen LogP contribution in [0.15, 0.2) is 36.7 Å². The van der Waals surface area contributed by atoms with E-state index in [4.69, 9.17) is 11.6 Å². The van der Waals surface area contributed by atoms with Crippen molar-refractivity contribution < 1.29 is 4.79 Å². The van der Waals surface area contributed by atoms with E-state index in [1.807, 2.05) is 12.1 Å². The number of amides is 2. The molecule has 2 aliphatic heterocycles. The molecule has 112 valence electrons. The van der Waals surface area contributed by atoms with Crippen LogP contribution in [0.2, 0.25) is 5.15 Å². The summed E-state index contributed by atoms with van der Waals surface area (Å²) in [5, 5.41) is 3.27. The molecular formula is C15H14ClN5O. The van der Waals surface area contributed by atoms with Crippen LogP contribution in [0.1, 0.15) is 6.42 Å². The number of aromatic nitrogens is 2. The Morgan fingerprint density at radius 2 is 2.27 bits per heavy atom. The standard InChI is InChI=1S/C15H14ClN5O/c16-13-4-3-12-14(19-13)21(11-5-7-20(12)9-11)15(22)18-10-2-1-6-17-8-10/h1-4,6,8,11H,5,7,9H2,(H,18,22)/t11-/m1/s1. The molecule has 22 heavy (non-hydrogen) atoms. The zero-order valence-corrected chi connectivity index (χ0v) is 12.5. The number of nitrogens with one attached hydrogen (secondary N) is 1. The van der Waals surface area contributed by atoms with Crippen molar-refractivity contribution in [1.82, 2.24) is 9.97 Å². The molecule has 0 spiro atoms. The summed E-state index contributed by atoms with van der Waals surface area (Å²) in [6.07, 6.45) is 4.21. The summed E-state index contributed by atoms with van der Waals surface area (Å²) in [5.41, 5.74) is 1.62. The topological polar surface area (TPSA) is 61.4 Å². The fraction of sp³-hybridized carbons (Fsp3) is 0.267. The van der Waals surface area contributed by atoms with E-state index in [1.165, 1.54) is 0 Å². The van der Waals surface area contributed by atoms with Gasteiger partial charge in [0.2, 0.25) is 0 Å². The van der Waals surface area contributed by atoms with Gasteiger partial charge < -0.3 is 10.2 Å². The first-order valence-electron chi connectivity index (χ1n) is 7.14. The number of fused-ring (bicyclic) bond motifs is 4. The maximum absolute atomic E-state index is 12.7. The lowest BCUT2D eigenvalue weighted by atomic mass is 10.2. The van der Waals surface area contributed by atoms with E-state index >= 15 is 0 Å². The van der Waals surface area contributed by atoms with Gasteiger partial charge in [-0.1, -0.05) is 11.6 Å². The normalized spacial score (nSPS) is 19.0. The zero-order valence-electron chi connectivity index (χ0n) is 11.7. The monoisotopic (exact) mass is 315 g/mol. The Kier molecular flexibility index (Phi) is 3.11. The Labute approximate surface area is 132 Å². The lowest BCUT2D eigenvalue weighted by Gasteiger charge is -2.35. The molecule has 2 bridgehead atoms. The minimum Gasteiger partial charge on any atom is -0.366 e. The Morgan fingerprint density at radius 3 is 3.09 bits per heavy atom. The fourth-order valence-electron chi connectivity index (χ4n) is 3.07. The molecule has 0 aliphatic carbocycles. The third kappa shape index (κ3) is 2.16.